The maximum Gasteiger partial charge on any atom is 0.315 e. The van der Waals surface area contributed by atoms with Crippen molar-refractivity contribution >= 4 is 22.0 Å². The van der Waals surface area contributed by atoms with Gasteiger partial charge in [-0.3, -0.25) is 0 Å². The number of halogens is 2. The van der Waals surface area contributed by atoms with Crippen LogP contribution < -0.4 is 10.6 Å². The van der Waals surface area contributed by atoms with E-state index < -0.39 is 0 Å². The van der Waals surface area contributed by atoms with Crippen molar-refractivity contribution in [3.8, 4) is 0 Å². The Bertz CT molecular complexity index is 681. The topological polar surface area (TPSA) is 41.1 Å². The molecule has 1 fully saturated rings. The smallest absolute Gasteiger partial charge is 0.315 e. The third-order valence-corrected chi connectivity index (χ3v) is 4.64. The summed E-state index contributed by atoms with van der Waals surface area (Å²) in [6.45, 7) is 0.522. The van der Waals surface area contributed by atoms with Gasteiger partial charge in [-0.05, 0) is 54.7 Å². The third kappa shape index (κ3) is 4.10. The summed E-state index contributed by atoms with van der Waals surface area (Å²) in [4.78, 5) is 12.1. The normalized spacial score (nSPS) is 15.0. The lowest BCUT2D eigenvalue weighted by molar-refractivity contribution is 0.236. The standard InChI is InChI=1S/C18H18BrFN2O/c19-15-5-3-14(4-6-15)18(10-11-18)22-17(23)21-12-9-13-1-7-16(20)8-2-13/h1-8H,9-12H2,(H2,21,22,23). The second-order valence-electron chi connectivity index (χ2n) is 5.85. The molecule has 3 nitrogen and oxygen atoms in total. The third-order valence-electron chi connectivity index (χ3n) is 4.11. The molecule has 2 aromatic carbocycles. The molecule has 0 atom stereocenters. The van der Waals surface area contributed by atoms with Gasteiger partial charge in [-0.2, -0.15) is 0 Å². The minimum Gasteiger partial charge on any atom is -0.338 e. The number of benzene rings is 2. The van der Waals surface area contributed by atoms with E-state index in [9.17, 15) is 9.18 Å². The van der Waals surface area contributed by atoms with E-state index in [1.165, 1.54) is 12.1 Å². The van der Waals surface area contributed by atoms with Crippen LogP contribution in [0.5, 0.6) is 0 Å². The molecular formula is C18H18BrFN2O. The number of rotatable bonds is 5. The average Bonchev–Trinajstić information content (AvgIpc) is 3.30. The Balaban J connectivity index is 1.49. The largest absolute Gasteiger partial charge is 0.338 e. The predicted octanol–water partition coefficient (Wildman–Crippen LogP) is 4.12. The van der Waals surface area contributed by atoms with Crippen LogP contribution in [0.4, 0.5) is 9.18 Å². The van der Waals surface area contributed by atoms with Gasteiger partial charge in [0, 0.05) is 11.0 Å². The molecule has 2 amide bonds. The Morgan fingerprint density at radius 2 is 1.74 bits per heavy atom. The summed E-state index contributed by atoms with van der Waals surface area (Å²) in [5, 5.41) is 5.94. The summed E-state index contributed by atoms with van der Waals surface area (Å²) in [5.41, 5.74) is 1.91. The lowest BCUT2D eigenvalue weighted by Gasteiger charge is -2.18. The molecule has 1 saturated carbocycles. The van der Waals surface area contributed by atoms with Gasteiger partial charge in [-0.25, -0.2) is 9.18 Å². The van der Waals surface area contributed by atoms with Gasteiger partial charge >= 0.3 is 6.03 Å². The van der Waals surface area contributed by atoms with E-state index in [1.807, 2.05) is 24.3 Å². The van der Waals surface area contributed by atoms with Crippen LogP contribution >= 0.6 is 15.9 Å². The predicted molar refractivity (Wildman–Crippen MR) is 91.7 cm³/mol. The molecule has 0 saturated heterocycles. The van der Waals surface area contributed by atoms with Crippen molar-refractivity contribution in [1.82, 2.24) is 10.6 Å². The zero-order valence-electron chi connectivity index (χ0n) is 12.6. The first-order chi connectivity index (χ1) is 11.1. The molecule has 0 unspecified atom stereocenters. The molecule has 3 rings (SSSR count). The second-order valence-corrected chi connectivity index (χ2v) is 6.76. The Labute approximate surface area is 143 Å². The number of amides is 2. The van der Waals surface area contributed by atoms with Crippen LogP contribution in [0.2, 0.25) is 0 Å². The van der Waals surface area contributed by atoms with E-state index in [0.29, 0.717) is 13.0 Å². The lowest BCUT2D eigenvalue weighted by Crippen LogP contribution is -2.42. The van der Waals surface area contributed by atoms with E-state index in [2.05, 4.69) is 26.6 Å². The minimum absolute atomic E-state index is 0.160. The molecule has 0 aromatic heterocycles. The molecule has 0 bridgehead atoms. The second kappa shape index (κ2) is 6.71. The number of hydrogen-bond acceptors (Lipinski definition) is 1. The van der Waals surface area contributed by atoms with E-state index in [1.54, 1.807) is 12.1 Å². The molecule has 1 aliphatic carbocycles. The van der Waals surface area contributed by atoms with Crippen molar-refractivity contribution in [2.24, 2.45) is 0 Å². The Morgan fingerprint density at radius 1 is 1.09 bits per heavy atom. The van der Waals surface area contributed by atoms with Gasteiger partial charge in [0.05, 0.1) is 5.54 Å². The summed E-state index contributed by atoms with van der Waals surface area (Å²) >= 11 is 3.42. The highest BCUT2D eigenvalue weighted by atomic mass is 79.9. The van der Waals surface area contributed by atoms with Crippen LogP contribution in [-0.2, 0) is 12.0 Å². The first-order valence-corrected chi connectivity index (χ1v) is 8.43. The molecule has 23 heavy (non-hydrogen) atoms. The van der Waals surface area contributed by atoms with Gasteiger partial charge in [-0.1, -0.05) is 40.2 Å². The fourth-order valence-corrected chi connectivity index (χ4v) is 2.88. The summed E-state index contributed by atoms with van der Waals surface area (Å²) in [6, 6.07) is 14.2. The summed E-state index contributed by atoms with van der Waals surface area (Å²) < 4.78 is 13.9. The van der Waals surface area contributed by atoms with Gasteiger partial charge < -0.3 is 10.6 Å². The fourth-order valence-electron chi connectivity index (χ4n) is 2.61. The van der Waals surface area contributed by atoms with Crippen LogP contribution in [0, 0.1) is 5.82 Å². The molecule has 0 heterocycles. The number of carbonyl (C=O) groups excluding carboxylic acids is 1. The van der Waals surface area contributed by atoms with E-state index in [4.69, 9.17) is 0 Å². The first-order valence-electron chi connectivity index (χ1n) is 7.64. The van der Waals surface area contributed by atoms with Crippen LogP contribution in [0.25, 0.3) is 0 Å². The van der Waals surface area contributed by atoms with Gasteiger partial charge in [-0.15, -0.1) is 0 Å². The van der Waals surface area contributed by atoms with Crippen molar-refractivity contribution in [2.45, 2.75) is 24.8 Å². The number of carbonyl (C=O) groups is 1. The molecule has 2 aromatic rings. The minimum atomic E-state index is -0.246. The van der Waals surface area contributed by atoms with Crippen molar-refractivity contribution in [3.05, 3.63) is 69.9 Å². The molecule has 5 heteroatoms. The highest BCUT2D eigenvalue weighted by molar-refractivity contribution is 9.10. The molecule has 0 radical (unpaired) electrons. The Hall–Kier alpha value is -1.88. The van der Waals surface area contributed by atoms with Gasteiger partial charge in [0.15, 0.2) is 0 Å². The van der Waals surface area contributed by atoms with E-state index in [-0.39, 0.29) is 17.4 Å². The molecule has 1 aliphatic rings. The lowest BCUT2D eigenvalue weighted by atomic mass is 10.1. The van der Waals surface area contributed by atoms with Crippen molar-refractivity contribution in [2.75, 3.05) is 6.54 Å². The van der Waals surface area contributed by atoms with Gasteiger partial charge in [0.25, 0.3) is 0 Å². The maximum absolute atomic E-state index is 12.8. The highest BCUT2D eigenvalue weighted by Crippen LogP contribution is 2.45. The monoisotopic (exact) mass is 376 g/mol. The number of hydrogen-bond donors (Lipinski definition) is 2. The summed E-state index contributed by atoms with van der Waals surface area (Å²) in [6.07, 6.45) is 2.60. The Morgan fingerprint density at radius 3 is 2.35 bits per heavy atom. The van der Waals surface area contributed by atoms with Crippen molar-refractivity contribution in [3.63, 3.8) is 0 Å². The molecule has 2 N–H and O–H groups in total. The molecule has 0 aliphatic heterocycles. The van der Waals surface area contributed by atoms with Gasteiger partial charge in [0.1, 0.15) is 5.82 Å². The summed E-state index contributed by atoms with van der Waals surface area (Å²) in [7, 11) is 0. The van der Waals surface area contributed by atoms with Crippen LogP contribution in [0.1, 0.15) is 24.0 Å². The van der Waals surface area contributed by atoms with Crippen molar-refractivity contribution in [1.29, 1.82) is 0 Å². The molecule has 0 spiro atoms. The van der Waals surface area contributed by atoms with Gasteiger partial charge in [0.2, 0.25) is 0 Å². The van der Waals surface area contributed by atoms with Crippen LogP contribution in [0.3, 0.4) is 0 Å². The number of nitrogens with one attached hydrogen (secondary N) is 2. The molecular weight excluding hydrogens is 359 g/mol. The maximum atomic E-state index is 12.8. The quantitative estimate of drug-likeness (QED) is 0.809. The highest BCUT2D eigenvalue weighted by Gasteiger charge is 2.45. The van der Waals surface area contributed by atoms with E-state index in [0.717, 1.165) is 28.4 Å². The summed E-state index contributed by atoms with van der Waals surface area (Å²) in [5.74, 6) is -0.246. The fraction of sp³-hybridized carbons (Fsp3) is 0.278. The van der Waals surface area contributed by atoms with Crippen molar-refractivity contribution < 1.29 is 9.18 Å². The number of urea groups is 1. The average molecular weight is 377 g/mol. The van der Waals surface area contributed by atoms with Crippen LogP contribution in [-0.4, -0.2) is 12.6 Å². The molecule has 120 valence electrons. The zero-order valence-corrected chi connectivity index (χ0v) is 14.2. The Kier molecular flexibility index (Phi) is 4.66. The first kappa shape index (κ1) is 16.0. The van der Waals surface area contributed by atoms with Crippen LogP contribution in [0.15, 0.2) is 53.0 Å². The SMILES string of the molecule is O=C(NCCc1ccc(F)cc1)NC1(c2ccc(Br)cc2)CC1. The zero-order chi connectivity index (χ0) is 16.3. The van der Waals surface area contributed by atoms with E-state index >= 15 is 0 Å².